The van der Waals surface area contributed by atoms with Crippen LogP contribution in [0, 0.1) is 0 Å². The van der Waals surface area contributed by atoms with Gasteiger partial charge in [-0.1, -0.05) is 11.6 Å². The summed E-state index contributed by atoms with van der Waals surface area (Å²) in [4.78, 5) is 24.2. The SMILES string of the molecule is CCOc1ccc(C(=O)Oc2ccc(C=NNC(=O)c3ccc(Cl)cc3)cc2)cc1. The molecule has 0 spiro atoms. The minimum Gasteiger partial charge on any atom is -0.494 e. The summed E-state index contributed by atoms with van der Waals surface area (Å²) < 4.78 is 10.7. The van der Waals surface area contributed by atoms with Crippen molar-refractivity contribution < 1.29 is 19.1 Å². The number of nitrogens with zero attached hydrogens (tertiary/aromatic N) is 1. The van der Waals surface area contributed by atoms with Gasteiger partial charge in [0.25, 0.3) is 5.91 Å². The van der Waals surface area contributed by atoms with E-state index in [4.69, 9.17) is 21.1 Å². The minimum atomic E-state index is -0.463. The van der Waals surface area contributed by atoms with E-state index in [-0.39, 0.29) is 5.91 Å². The van der Waals surface area contributed by atoms with Gasteiger partial charge < -0.3 is 9.47 Å². The maximum absolute atomic E-state index is 12.2. The van der Waals surface area contributed by atoms with Crippen LogP contribution in [-0.2, 0) is 0 Å². The molecule has 0 aliphatic heterocycles. The van der Waals surface area contributed by atoms with Gasteiger partial charge in [-0.05, 0) is 85.3 Å². The van der Waals surface area contributed by atoms with E-state index in [1.165, 1.54) is 6.21 Å². The summed E-state index contributed by atoms with van der Waals surface area (Å²) >= 11 is 5.80. The van der Waals surface area contributed by atoms with Crippen LogP contribution in [-0.4, -0.2) is 24.7 Å². The molecule has 0 saturated carbocycles. The van der Waals surface area contributed by atoms with Gasteiger partial charge in [0, 0.05) is 10.6 Å². The summed E-state index contributed by atoms with van der Waals surface area (Å²) in [5.41, 5.74) is 4.05. The Balaban J connectivity index is 1.54. The summed E-state index contributed by atoms with van der Waals surface area (Å²) in [6.07, 6.45) is 1.49. The van der Waals surface area contributed by atoms with Crippen molar-refractivity contribution in [3.8, 4) is 11.5 Å². The molecule has 0 aromatic heterocycles. The number of hydrazone groups is 1. The summed E-state index contributed by atoms with van der Waals surface area (Å²) in [5.74, 6) is 0.288. The molecular weight excluding hydrogens is 404 g/mol. The van der Waals surface area contributed by atoms with E-state index in [1.54, 1.807) is 72.8 Å². The van der Waals surface area contributed by atoms with Crippen molar-refractivity contribution in [3.05, 3.63) is 94.5 Å². The molecule has 3 rings (SSSR count). The summed E-state index contributed by atoms with van der Waals surface area (Å²) in [7, 11) is 0. The molecule has 0 aliphatic rings. The van der Waals surface area contributed by atoms with E-state index in [0.717, 1.165) is 5.56 Å². The number of halogens is 1. The van der Waals surface area contributed by atoms with Crippen molar-refractivity contribution in [1.29, 1.82) is 0 Å². The van der Waals surface area contributed by atoms with Gasteiger partial charge in [0.1, 0.15) is 11.5 Å². The highest BCUT2D eigenvalue weighted by molar-refractivity contribution is 6.30. The van der Waals surface area contributed by atoms with Crippen LogP contribution in [0.25, 0.3) is 0 Å². The number of hydrogen-bond donors (Lipinski definition) is 1. The average Bonchev–Trinajstić information content (AvgIpc) is 2.76. The van der Waals surface area contributed by atoms with E-state index in [1.807, 2.05) is 6.92 Å². The predicted molar refractivity (Wildman–Crippen MR) is 116 cm³/mol. The Morgan fingerprint density at radius 2 is 1.50 bits per heavy atom. The zero-order valence-electron chi connectivity index (χ0n) is 16.2. The Labute approximate surface area is 179 Å². The maximum Gasteiger partial charge on any atom is 0.343 e. The lowest BCUT2D eigenvalue weighted by Crippen LogP contribution is -2.17. The first-order chi connectivity index (χ1) is 14.5. The number of nitrogens with one attached hydrogen (secondary N) is 1. The topological polar surface area (TPSA) is 77.0 Å². The van der Waals surface area contributed by atoms with E-state index in [9.17, 15) is 9.59 Å². The Hall–Kier alpha value is -3.64. The van der Waals surface area contributed by atoms with Gasteiger partial charge in [-0.15, -0.1) is 0 Å². The standard InChI is InChI=1S/C23H19ClN2O4/c1-2-29-20-13-7-18(8-14-20)23(28)30-21-11-3-16(4-12-21)15-25-26-22(27)17-5-9-19(24)10-6-17/h3-15H,2H2,1H3,(H,26,27). The second-order valence-electron chi connectivity index (χ2n) is 6.12. The zero-order chi connectivity index (χ0) is 21.3. The second kappa shape index (κ2) is 10.2. The highest BCUT2D eigenvalue weighted by Gasteiger charge is 2.09. The number of ether oxygens (including phenoxy) is 2. The van der Waals surface area contributed by atoms with Crippen LogP contribution in [0.5, 0.6) is 11.5 Å². The first-order valence-corrected chi connectivity index (χ1v) is 9.57. The van der Waals surface area contributed by atoms with E-state index in [2.05, 4.69) is 10.5 Å². The molecule has 0 unspecified atom stereocenters. The van der Waals surface area contributed by atoms with E-state index in [0.29, 0.717) is 34.3 Å². The fraction of sp³-hybridized carbons (Fsp3) is 0.0870. The van der Waals surface area contributed by atoms with Crippen molar-refractivity contribution in [1.82, 2.24) is 5.43 Å². The Morgan fingerprint density at radius 3 is 2.13 bits per heavy atom. The van der Waals surface area contributed by atoms with Crippen molar-refractivity contribution in [3.63, 3.8) is 0 Å². The highest BCUT2D eigenvalue weighted by atomic mass is 35.5. The lowest BCUT2D eigenvalue weighted by atomic mass is 10.2. The largest absolute Gasteiger partial charge is 0.494 e. The van der Waals surface area contributed by atoms with Crippen LogP contribution in [0.4, 0.5) is 0 Å². The van der Waals surface area contributed by atoms with Crippen LogP contribution in [0.15, 0.2) is 77.9 Å². The van der Waals surface area contributed by atoms with Gasteiger partial charge in [-0.3, -0.25) is 4.79 Å². The Kier molecular flexibility index (Phi) is 7.19. The molecule has 3 aromatic carbocycles. The third-order valence-electron chi connectivity index (χ3n) is 3.98. The molecule has 6 nitrogen and oxygen atoms in total. The molecular formula is C23H19ClN2O4. The average molecular weight is 423 g/mol. The number of benzene rings is 3. The zero-order valence-corrected chi connectivity index (χ0v) is 16.9. The molecule has 0 radical (unpaired) electrons. The third-order valence-corrected chi connectivity index (χ3v) is 4.23. The molecule has 0 atom stereocenters. The second-order valence-corrected chi connectivity index (χ2v) is 6.56. The van der Waals surface area contributed by atoms with Crippen molar-refractivity contribution in [2.75, 3.05) is 6.61 Å². The molecule has 0 fully saturated rings. The molecule has 30 heavy (non-hydrogen) atoms. The van der Waals surface area contributed by atoms with E-state index >= 15 is 0 Å². The highest BCUT2D eigenvalue weighted by Crippen LogP contribution is 2.16. The van der Waals surface area contributed by atoms with Gasteiger partial charge in [-0.25, -0.2) is 10.2 Å². The number of carbonyl (C=O) groups is 2. The van der Waals surface area contributed by atoms with Gasteiger partial charge >= 0.3 is 5.97 Å². The van der Waals surface area contributed by atoms with Gasteiger partial charge in [0.15, 0.2) is 0 Å². The number of amides is 1. The number of esters is 1. The van der Waals surface area contributed by atoms with Crippen molar-refractivity contribution >= 4 is 29.7 Å². The summed E-state index contributed by atoms with van der Waals surface area (Å²) in [5, 5.41) is 4.48. The molecule has 0 aliphatic carbocycles. The first kappa shape index (κ1) is 21.1. The quantitative estimate of drug-likeness (QED) is 0.258. The van der Waals surface area contributed by atoms with Gasteiger partial charge in [0.2, 0.25) is 0 Å². The number of carbonyl (C=O) groups excluding carboxylic acids is 2. The van der Waals surface area contributed by atoms with Crippen LogP contribution < -0.4 is 14.9 Å². The van der Waals surface area contributed by atoms with Crippen LogP contribution in [0.3, 0.4) is 0 Å². The number of rotatable bonds is 7. The fourth-order valence-electron chi connectivity index (χ4n) is 2.47. The lowest BCUT2D eigenvalue weighted by Gasteiger charge is -2.06. The Morgan fingerprint density at radius 1 is 0.900 bits per heavy atom. The molecule has 1 N–H and O–H groups in total. The summed E-state index contributed by atoms with van der Waals surface area (Å²) in [6, 6.07) is 20.0. The van der Waals surface area contributed by atoms with E-state index < -0.39 is 5.97 Å². The van der Waals surface area contributed by atoms with Crippen molar-refractivity contribution in [2.45, 2.75) is 6.92 Å². The maximum atomic E-state index is 12.2. The van der Waals surface area contributed by atoms with Gasteiger partial charge in [0.05, 0.1) is 18.4 Å². The molecule has 1 amide bonds. The smallest absolute Gasteiger partial charge is 0.343 e. The van der Waals surface area contributed by atoms with Crippen LogP contribution >= 0.6 is 11.6 Å². The third kappa shape index (κ3) is 5.93. The molecule has 0 heterocycles. The molecule has 7 heteroatoms. The van der Waals surface area contributed by atoms with Crippen LogP contribution in [0.1, 0.15) is 33.2 Å². The summed E-state index contributed by atoms with van der Waals surface area (Å²) in [6.45, 7) is 2.45. The number of hydrogen-bond acceptors (Lipinski definition) is 5. The fourth-order valence-corrected chi connectivity index (χ4v) is 2.60. The molecule has 0 saturated heterocycles. The van der Waals surface area contributed by atoms with Crippen LogP contribution in [0.2, 0.25) is 5.02 Å². The van der Waals surface area contributed by atoms with Crippen molar-refractivity contribution in [2.24, 2.45) is 5.10 Å². The monoisotopic (exact) mass is 422 g/mol. The predicted octanol–water partition coefficient (Wildman–Crippen LogP) is 4.72. The normalized spacial score (nSPS) is 10.6. The molecule has 3 aromatic rings. The molecule has 0 bridgehead atoms. The minimum absolute atomic E-state index is 0.344. The molecule has 152 valence electrons. The first-order valence-electron chi connectivity index (χ1n) is 9.19. The lowest BCUT2D eigenvalue weighted by molar-refractivity contribution is 0.0734. The van der Waals surface area contributed by atoms with Gasteiger partial charge in [-0.2, -0.15) is 5.10 Å². The Bertz CT molecular complexity index is 1030.